The summed E-state index contributed by atoms with van der Waals surface area (Å²) in [6, 6.07) is 1.80. The standard InChI is InChI=1S/C17H27N3O3S/c1-10(2)14(21)18-7-8-19-15(22)13-11(3)9-12(24-13)20-16(23)17(4,5)6/h9-10H,7-8H2,1-6H3,(H,18,21)(H,19,22)(H,20,23). The second kappa shape index (κ2) is 8.28. The minimum Gasteiger partial charge on any atom is -0.354 e. The van der Waals surface area contributed by atoms with Crippen LogP contribution in [0.3, 0.4) is 0 Å². The maximum Gasteiger partial charge on any atom is 0.261 e. The molecule has 1 rings (SSSR count). The highest BCUT2D eigenvalue weighted by atomic mass is 32.1. The summed E-state index contributed by atoms with van der Waals surface area (Å²) < 4.78 is 0. The predicted molar refractivity (Wildman–Crippen MR) is 97.3 cm³/mol. The highest BCUT2D eigenvalue weighted by Gasteiger charge is 2.23. The molecule has 0 unspecified atom stereocenters. The normalized spacial score (nSPS) is 11.3. The van der Waals surface area contributed by atoms with E-state index in [1.54, 1.807) is 6.07 Å². The Morgan fingerprint density at radius 3 is 2.25 bits per heavy atom. The van der Waals surface area contributed by atoms with Gasteiger partial charge in [-0.05, 0) is 18.6 Å². The molecule has 134 valence electrons. The third kappa shape index (κ3) is 5.96. The third-order valence-electron chi connectivity index (χ3n) is 3.28. The summed E-state index contributed by atoms with van der Waals surface area (Å²) in [5, 5.41) is 9.01. The van der Waals surface area contributed by atoms with Crippen LogP contribution < -0.4 is 16.0 Å². The van der Waals surface area contributed by atoms with E-state index in [0.29, 0.717) is 23.0 Å². The van der Waals surface area contributed by atoms with E-state index < -0.39 is 5.41 Å². The van der Waals surface area contributed by atoms with Gasteiger partial charge in [-0.25, -0.2) is 0 Å². The zero-order valence-corrected chi connectivity index (χ0v) is 16.0. The maximum absolute atomic E-state index is 12.2. The number of rotatable bonds is 6. The predicted octanol–water partition coefficient (Wildman–Crippen LogP) is 2.54. The van der Waals surface area contributed by atoms with Crippen molar-refractivity contribution in [3.05, 3.63) is 16.5 Å². The fourth-order valence-electron chi connectivity index (χ4n) is 1.71. The molecule has 0 aliphatic carbocycles. The van der Waals surface area contributed by atoms with E-state index in [-0.39, 0.29) is 23.6 Å². The smallest absolute Gasteiger partial charge is 0.261 e. The number of nitrogens with one attached hydrogen (secondary N) is 3. The number of amides is 3. The quantitative estimate of drug-likeness (QED) is 0.687. The van der Waals surface area contributed by atoms with E-state index in [4.69, 9.17) is 0 Å². The summed E-state index contributed by atoms with van der Waals surface area (Å²) in [5.41, 5.74) is 0.322. The molecular weight excluding hydrogens is 326 g/mol. The summed E-state index contributed by atoms with van der Waals surface area (Å²) in [6.07, 6.45) is 0. The summed E-state index contributed by atoms with van der Waals surface area (Å²) in [5.74, 6) is -0.405. The van der Waals surface area contributed by atoms with Gasteiger partial charge in [-0.1, -0.05) is 34.6 Å². The van der Waals surface area contributed by atoms with Crippen molar-refractivity contribution in [2.75, 3.05) is 18.4 Å². The van der Waals surface area contributed by atoms with Crippen LogP contribution >= 0.6 is 11.3 Å². The first-order valence-corrected chi connectivity index (χ1v) is 8.81. The van der Waals surface area contributed by atoms with Gasteiger partial charge in [-0.2, -0.15) is 0 Å². The van der Waals surface area contributed by atoms with Gasteiger partial charge in [0.15, 0.2) is 0 Å². The zero-order valence-electron chi connectivity index (χ0n) is 15.2. The van der Waals surface area contributed by atoms with E-state index in [2.05, 4.69) is 16.0 Å². The van der Waals surface area contributed by atoms with E-state index in [9.17, 15) is 14.4 Å². The van der Waals surface area contributed by atoms with Crippen LogP contribution in [0.4, 0.5) is 5.00 Å². The average molecular weight is 353 g/mol. The van der Waals surface area contributed by atoms with Gasteiger partial charge in [-0.3, -0.25) is 14.4 Å². The molecule has 0 aliphatic heterocycles. The molecule has 0 saturated carbocycles. The third-order valence-corrected chi connectivity index (χ3v) is 4.43. The molecule has 1 aromatic heterocycles. The van der Waals surface area contributed by atoms with Crippen LogP contribution in [-0.4, -0.2) is 30.8 Å². The maximum atomic E-state index is 12.2. The summed E-state index contributed by atoms with van der Waals surface area (Å²) in [4.78, 5) is 36.2. The summed E-state index contributed by atoms with van der Waals surface area (Å²) in [7, 11) is 0. The first-order chi connectivity index (χ1) is 11.0. The topological polar surface area (TPSA) is 87.3 Å². The van der Waals surface area contributed by atoms with Crippen molar-refractivity contribution >= 4 is 34.1 Å². The van der Waals surface area contributed by atoms with Gasteiger partial charge in [0.2, 0.25) is 11.8 Å². The number of hydrogen-bond donors (Lipinski definition) is 3. The lowest BCUT2D eigenvalue weighted by atomic mass is 9.96. The van der Waals surface area contributed by atoms with Crippen LogP contribution in [0.15, 0.2) is 6.07 Å². The highest BCUT2D eigenvalue weighted by Crippen LogP contribution is 2.28. The van der Waals surface area contributed by atoms with Crippen LogP contribution in [0.1, 0.15) is 49.9 Å². The van der Waals surface area contributed by atoms with Crippen molar-refractivity contribution in [2.24, 2.45) is 11.3 Å². The lowest BCUT2D eigenvalue weighted by Gasteiger charge is -2.16. The van der Waals surface area contributed by atoms with Gasteiger partial charge in [0.1, 0.15) is 0 Å². The van der Waals surface area contributed by atoms with Gasteiger partial charge >= 0.3 is 0 Å². The molecule has 0 aromatic carbocycles. The monoisotopic (exact) mass is 353 g/mol. The van der Waals surface area contributed by atoms with Crippen molar-refractivity contribution in [3.8, 4) is 0 Å². The Labute approximate surface area is 147 Å². The Hall–Kier alpha value is -1.89. The molecule has 0 atom stereocenters. The molecule has 1 heterocycles. The van der Waals surface area contributed by atoms with E-state index in [0.717, 1.165) is 5.56 Å². The second-order valence-corrected chi connectivity index (χ2v) is 8.08. The molecule has 0 fully saturated rings. The van der Waals surface area contributed by atoms with Crippen LogP contribution in [0.5, 0.6) is 0 Å². The number of hydrogen-bond acceptors (Lipinski definition) is 4. The lowest BCUT2D eigenvalue weighted by Crippen LogP contribution is -2.36. The molecule has 24 heavy (non-hydrogen) atoms. The van der Waals surface area contributed by atoms with Gasteiger partial charge in [0.25, 0.3) is 5.91 Å². The summed E-state index contributed by atoms with van der Waals surface area (Å²) in [6.45, 7) is 11.7. The Balaban J connectivity index is 2.57. The van der Waals surface area contributed by atoms with Crippen molar-refractivity contribution in [1.29, 1.82) is 0 Å². The first-order valence-electron chi connectivity index (χ1n) is 8.00. The zero-order chi connectivity index (χ0) is 18.5. The van der Waals surface area contributed by atoms with Crippen molar-refractivity contribution < 1.29 is 14.4 Å². The van der Waals surface area contributed by atoms with Crippen LogP contribution in [0.2, 0.25) is 0 Å². The molecule has 1 aromatic rings. The highest BCUT2D eigenvalue weighted by molar-refractivity contribution is 7.18. The molecule has 6 nitrogen and oxygen atoms in total. The largest absolute Gasteiger partial charge is 0.354 e. The molecule has 0 saturated heterocycles. The Morgan fingerprint density at radius 1 is 1.12 bits per heavy atom. The molecule has 3 N–H and O–H groups in total. The number of carbonyl (C=O) groups excluding carboxylic acids is 3. The van der Waals surface area contributed by atoms with Crippen LogP contribution in [0, 0.1) is 18.3 Å². The first kappa shape index (κ1) is 20.2. The van der Waals surface area contributed by atoms with E-state index in [1.807, 2.05) is 41.5 Å². The van der Waals surface area contributed by atoms with Crippen molar-refractivity contribution in [3.63, 3.8) is 0 Å². The second-order valence-electron chi connectivity index (χ2n) is 7.03. The molecular formula is C17H27N3O3S. The van der Waals surface area contributed by atoms with Crippen molar-refractivity contribution in [1.82, 2.24) is 10.6 Å². The number of aryl methyl sites for hydroxylation is 1. The average Bonchev–Trinajstić information content (AvgIpc) is 2.82. The van der Waals surface area contributed by atoms with E-state index >= 15 is 0 Å². The SMILES string of the molecule is Cc1cc(NC(=O)C(C)(C)C)sc1C(=O)NCCNC(=O)C(C)C. The van der Waals surface area contributed by atoms with Gasteiger partial charge in [-0.15, -0.1) is 11.3 Å². The lowest BCUT2D eigenvalue weighted by molar-refractivity contribution is -0.124. The number of thiophene rings is 1. The van der Waals surface area contributed by atoms with E-state index in [1.165, 1.54) is 11.3 Å². The molecule has 3 amide bonds. The van der Waals surface area contributed by atoms with Crippen molar-refractivity contribution in [2.45, 2.75) is 41.5 Å². The summed E-state index contributed by atoms with van der Waals surface area (Å²) >= 11 is 1.25. The van der Waals surface area contributed by atoms with Gasteiger partial charge in [0, 0.05) is 24.4 Å². The Bertz CT molecular complexity index is 615. The van der Waals surface area contributed by atoms with Crippen LogP contribution in [-0.2, 0) is 9.59 Å². The minimum absolute atomic E-state index is 0.0382. The molecule has 7 heteroatoms. The van der Waals surface area contributed by atoms with Gasteiger partial charge in [0.05, 0.1) is 9.88 Å². The minimum atomic E-state index is -0.491. The fraction of sp³-hybridized carbons (Fsp3) is 0.588. The molecule has 0 bridgehead atoms. The molecule has 0 aliphatic rings. The Kier molecular flexibility index (Phi) is 6.95. The fourth-order valence-corrected chi connectivity index (χ4v) is 2.70. The molecule has 0 spiro atoms. The van der Waals surface area contributed by atoms with Gasteiger partial charge < -0.3 is 16.0 Å². The Morgan fingerprint density at radius 2 is 1.71 bits per heavy atom. The van der Waals surface area contributed by atoms with Crippen LogP contribution in [0.25, 0.3) is 0 Å². The number of carbonyl (C=O) groups is 3. The number of anilines is 1. The molecule has 0 radical (unpaired) electrons.